The van der Waals surface area contributed by atoms with Gasteiger partial charge in [0, 0.05) is 18.0 Å². The number of rotatable bonds is 11. The molecule has 0 spiro atoms. The van der Waals surface area contributed by atoms with Crippen LogP contribution in [0.4, 0.5) is 9.18 Å². The summed E-state index contributed by atoms with van der Waals surface area (Å²) in [6.45, 7) is 3.53. The van der Waals surface area contributed by atoms with Crippen LogP contribution in [-0.2, 0) is 31.1 Å². The summed E-state index contributed by atoms with van der Waals surface area (Å²) in [5, 5.41) is 17.3. The van der Waals surface area contributed by atoms with E-state index in [4.69, 9.17) is 4.74 Å². The van der Waals surface area contributed by atoms with E-state index in [2.05, 4.69) is 16.0 Å². The van der Waals surface area contributed by atoms with Crippen molar-refractivity contribution >= 4 is 28.0 Å². The number of hydrogen-bond donors (Lipinski definition) is 5. The average Bonchev–Trinajstić information content (AvgIpc) is 3.15. The molecule has 1 fully saturated rings. The third kappa shape index (κ3) is 8.22. The largest absolute Gasteiger partial charge is 0.445 e. The maximum Gasteiger partial charge on any atom is 0.408 e. The Kier molecular flexibility index (Phi) is 9.77. The van der Waals surface area contributed by atoms with Crippen LogP contribution in [0.25, 0.3) is 0 Å². The summed E-state index contributed by atoms with van der Waals surface area (Å²) < 4.78 is 51.0. The zero-order valence-corrected chi connectivity index (χ0v) is 19.7. The first-order valence-corrected chi connectivity index (χ1v) is 12.3. The summed E-state index contributed by atoms with van der Waals surface area (Å²) >= 11 is 0. The molecular weight excluding hydrogens is 473 g/mol. The normalized spacial score (nSPS) is 18.6. The molecule has 1 aliphatic rings. The zero-order chi connectivity index (χ0) is 25.5. The SMILES string of the molecule is CC(C)CC(NC(=O)OCc1ccccc1F)C(=O)NC(CC1CCNC1=O)C(O)S(=O)(=O)O. The number of aliphatic hydroxyl groups excluding tert-OH is 1. The fourth-order valence-electron chi connectivity index (χ4n) is 3.56. The van der Waals surface area contributed by atoms with Gasteiger partial charge < -0.3 is 25.8 Å². The van der Waals surface area contributed by atoms with Crippen LogP contribution in [0.5, 0.6) is 0 Å². The number of ether oxygens (including phenoxy) is 1. The maximum absolute atomic E-state index is 13.7. The summed E-state index contributed by atoms with van der Waals surface area (Å²) in [6.07, 6.45) is -0.769. The van der Waals surface area contributed by atoms with Gasteiger partial charge in [0.15, 0.2) is 0 Å². The van der Waals surface area contributed by atoms with Gasteiger partial charge in [-0.05, 0) is 31.2 Å². The molecule has 5 N–H and O–H groups in total. The first kappa shape index (κ1) is 27.5. The molecule has 1 aliphatic heterocycles. The fraction of sp³-hybridized carbons (Fsp3) is 0.571. The van der Waals surface area contributed by atoms with E-state index in [1.165, 1.54) is 18.2 Å². The lowest BCUT2D eigenvalue weighted by Gasteiger charge is -2.27. The van der Waals surface area contributed by atoms with Gasteiger partial charge in [-0.3, -0.25) is 14.1 Å². The number of carbonyl (C=O) groups excluding carboxylic acids is 3. The second kappa shape index (κ2) is 12.1. The predicted molar refractivity (Wildman–Crippen MR) is 118 cm³/mol. The molecule has 1 aromatic rings. The van der Waals surface area contributed by atoms with Crippen molar-refractivity contribution in [3.63, 3.8) is 0 Å². The Balaban J connectivity index is 2.09. The molecule has 0 saturated carbocycles. The van der Waals surface area contributed by atoms with Crippen molar-refractivity contribution < 1.29 is 41.6 Å². The standard InChI is InChI=1S/C21H30FN3O8S/c1-12(2)9-16(25-21(29)33-11-14-5-3-4-6-15(14)22)19(27)24-17(20(28)34(30,31)32)10-13-7-8-23-18(13)26/h3-6,12-13,16-17,20,28H,7-11H2,1-2H3,(H,23,26)(H,24,27)(H,25,29)(H,30,31,32). The summed E-state index contributed by atoms with van der Waals surface area (Å²) in [5.74, 6) is -2.54. The summed E-state index contributed by atoms with van der Waals surface area (Å²) in [6, 6.07) is 2.98. The van der Waals surface area contributed by atoms with Gasteiger partial charge in [0.1, 0.15) is 18.5 Å². The number of benzene rings is 1. The summed E-state index contributed by atoms with van der Waals surface area (Å²) in [4.78, 5) is 37.0. The van der Waals surface area contributed by atoms with Crippen LogP contribution in [0, 0.1) is 17.7 Å². The lowest BCUT2D eigenvalue weighted by atomic mass is 9.97. The van der Waals surface area contributed by atoms with E-state index >= 15 is 0 Å². The second-order valence-electron chi connectivity index (χ2n) is 8.53. The van der Waals surface area contributed by atoms with Crippen molar-refractivity contribution in [1.29, 1.82) is 0 Å². The lowest BCUT2D eigenvalue weighted by Crippen LogP contribution is -2.54. The van der Waals surface area contributed by atoms with Gasteiger partial charge >= 0.3 is 6.09 Å². The summed E-state index contributed by atoms with van der Waals surface area (Å²) in [5.41, 5.74) is -2.24. The Morgan fingerprint density at radius 1 is 1.26 bits per heavy atom. The lowest BCUT2D eigenvalue weighted by molar-refractivity contribution is -0.126. The van der Waals surface area contributed by atoms with E-state index in [1.54, 1.807) is 19.9 Å². The van der Waals surface area contributed by atoms with Crippen LogP contribution >= 0.6 is 0 Å². The molecular formula is C21H30FN3O8S. The van der Waals surface area contributed by atoms with Crippen molar-refractivity contribution in [1.82, 2.24) is 16.0 Å². The van der Waals surface area contributed by atoms with Crippen molar-refractivity contribution in [2.24, 2.45) is 11.8 Å². The Morgan fingerprint density at radius 2 is 1.94 bits per heavy atom. The number of amides is 3. The Hall–Kier alpha value is -2.77. The predicted octanol–water partition coefficient (Wildman–Crippen LogP) is 0.684. The molecule has 1 aromatic carbocycles. The number of nitrogens with one attached hydrogen (secondary N) is 3. The van der Waals surface area contributed by atoms with Crippen LogP contribution in [0.3, 0.4) is 0 Å². The van der Waals surface area contributed by atoms with Crippen molar-refractivity contribution in [3.05, 3.63) is 35.6 Å². The minimum atomic E-state index is -4.96. The molecule has 13 heteroatoms. The van der Waals surface area contributed by atoms with Crippen molar-refractivity contribution in [3.8, 4) is 0 Å². The molecule has 190 valence electrons. The molecule has 1 saturated heterocycles. The molecule has 4 unspecified atom stereocenters. The Morgan fingerprint density at radius 3 is 2.50 bits per heavy atom. The van der Waals surface area contributed by atoms with Crippen LogP contribution in [-0.4, -0.2) is 60.0 Å². The van der Waals surface area contributed by atoms with Gasteiger partial charge in [-0.2, -0.15) is 8.42 Å². The molecule has 2 rings (SSSR count). The molecule has 34 heavy (non-hydrogen) atoms. The molecule has 4 atom stereocenters. The van der Waals surface area contributed by atoms with Crippen LogP contribution < -0.4 is 16.0 Å². The number of halogens is 1. The van der Waals surface area contributed by atoms with Crippen LogP contribution in [0.2, 0.25) is 0 Å². The number of aliphatic hydroxyl groups is 1. The van der Waals surface area contributed by atoms with Crippen molar-refractivity contribution in [2.75, 3.05) is 6.54 Å². The average molecular weight is 504 g/mol. The third-order valence-electron chi connectivity index (χ3n) is 5.31. The fourth-order valence-corrected chi connectivity index (χ4v) is 4.15. The highest BCUT2D eigenvalue weighted by atomic mass is 32.2. The van der Waals surface area contributed by atoms with E-state index in [0.717, 1.165) is 0 Å². The number of carbonyl (C=O) groups is 3. The van der Waals surface area contributed by atoms with Gasteiger partial charge in [-0.1, -0.05) is 32.0 Å². The Bertz CT molecular complexity index is 988. The highest BCUT2D eigenvalue weighted by Crippen LogP contribution is 2.20. The highest BCUT2D eigenvalue weighted by Gasteiger charge is 2.37. The second-order valence-corrected chi connectivity index (χ2v) is 10.0. The van der Waals surface area contributed by atoms with Crippen LogP contribution in [0.1, 0.15) is 38.7 Å². The quantitative estimate of drug-likeness (QED) is 0.274. The summed E-state index contributed by atoms with van der Waals surface area (Å²) in [7, 11) is -4.96. The third-order valence-corrected chi connectivity index (χ3v) is 6.25. The minimum Gasteiger partial charge on any atom is -0.445 e. The minimum absolute atomic E-state index is 0.0897. The van der Waals surface area contributed by atoms with E-state index in [0.29, 0.717) is 13.0 Å². The van der Waals surface area contributed by atoms with Crippen molar-refractivity contribution in [2.45, 2.75) is 57.2 Å². The van der Waals surface area contributed by atoms with Gasteiger partial charge in [-0.15, -0.1) is 0 Å². The van der Waals surface area contributed by atoms with Gasteiger partial charge in [0.25, 0.3) is 10.1 Å². The molecule has 0 aromatic heterocycles. The molecule has 1 heterocycles. The first-order chi connectivity index (χ1) is 15.9. The van der Waals surface area contributed by atoms with Gasteiger partial charge in [0.2, 0.25) is 17.3 Å². The highest BCUT2D eigenvalue weighted by molar-refractivity contribution is 7.86. The van der Waals surface area contributed by atoms with Crippen LogP contribution in [0.15, 0.2) is 24.3 Å². The monoisotopic (exact) mass is 503 g/mol. The molecule has 0 aliphatic carbocycles. The topological polar surface area (TPSA) is 171 Å². The smallest absolute Gasteiger partial charge is 0.408 e. The number of alkyl carbamates (subject to hydrolysis) is 1. The number of hydrogen-bond acceptors (Lipinski definition) is 7. The molecule has 0 bridgehead atoms. The zero-order valence-electron chi connectivity index (χ0n) is 18.9. The van der Waals surface area contributed by atoms with Gasteiger partial charge in [-0.25, -0.2) is 9.18 Å². The molecule has 11 nitrogen and oxygen atoms in total. The van der Waals surface area contributed by atoms with Gasteiger partial charge in [0.05, 0.1) is 6.04 Å². The maximum atomic E-state index is 13.7. The van der Waals surface area contributed by atoms with E-state index in [1.807, 2.05) is 0 Å². The first-order valence-electron chi connectivity index (χ1n) is 10.8. The Labute approximate surface area is 197 Å². The molecule has 0 radical (unpaired) electrons. The molecule has 3 amide bonds. The van der Waals surface area contributed by atoms with E-state index in [9.17, 15) is 36.9 Å². The van der Waals surface area contributed by atoms with E-state index in [-0.39, 0.29) is 36.8 Å². The van der Waals surface area contributed by atoms with E-state index < -0.39 is 51.4 Å².